The van der Waals surface area contributed by atoms with Crippen molar-refractivity contribution in [1.82, 2.24) is 19.5 Å². The van der Waals surface area contributed by atoms with E-state index < -0.39 is 24.5 Å². The van der Waals surface area contributed by atoms with Gasteiger partial charge in [-0.1, -0.05) is 13.8 Å². The highest BCUT2D eigenvalue weighted by molar-refractivity contribution is 5.81. The molecule has 136 valence electrons. The molecule has 0 radical (unpaired) electrons. The summed E-state index contributed by atoms with van der Waals surface area (Å²) in [5.74, 6) is -0.00370. The fourth-order valence-corrected chi connectivity index (χ4v) is 2.72. The summed E-state index contributed by atoms with van der Waals surface area (Å²) in [6.45, 7) is 3.66. The second kappa shape index (κ2) is 6.90. The summed E-state index contributed by atoms with van der Waals surface area (Å²) in [6.07, 6.45) is -1.27. The number of aliphatic hydroxyl groups is 2. The molecule has 3 heterocycles. The van der Waals surface area contributed by atoms with E-state index in [-0.39, 0.29) is 30.7 Å². The molecule has 1 aliphatic heterocycles. The largest absolute Gasteiger partial charge is 0.463 e. The van der Waals surface area contributed by atoms with Crippen LogP contribution >= 0.6 is 0 Å². The Morgan fingerprint density at radius 1 is 1.36 bits per heavy atom. The van der Waals surface area contributed by atoms with Gasteiger partial charge >= 0.3 is 5.97 Å². The Morgan fingerprint density at radius 3 is 2.84 bits per heavy atom. The van der Waals surface area contributed by atoms with Gasteiger partial charge in [0.2, 0.25) is 0 Å². The van der Waals surface area contributed by atoms with Crippen LogP contribution in [-0.2, 0) is 14.3 Å². The number of anilines is 1. The van der Waals surface area contributed by atoms with Gasteiger partial charge < -0.3 is 25.4 Å². The maximum absolute atomic E-state index is 11.7. The molecule has 10 heteroatoms. The zero-order chi connectivity index (χ0) is 18.1. The van der Waals surface area contributed by atoms with Crippen LogP contribution in [0.5, 0.6) is 0 Å². The molecule has 25 heavy (non-hydrogen) atoms. The topological polar surface area (TPSA) is 146 Å². The predicted octanol–water partition coefficient (Wildman–Crippen LogP) is -0.383. The Balaban J connectivity index is 1.73. The van der Waals surface area contributed by atoms with E-state index in [1.54, 1.807) is 0 Å². The van der Waals surface area contributed by atoms with Gasteiger partial charge in [-0.2, -0.15) is 0 Å². The number of nitrogen functional groups attached to an aromatic ring is 1. The van der Waals surface area contributed by atoms with Crippen LogP contribution in [0, 0.1) is 5.92 Å². The van der Waals surface area contributed by atoms with Crippen LogP contribution in [0.1, 0.15) is 26.5 Å². The van der Waals surface area contributed by atoms with Crippen molar-refractivity contribution < 1.29 is 24.5 Å². The maximum Gasteiger partial charge on any atom is 0.306 e. The SMILES string of the molecule is CC(C)CC(=O)OC[C@H]1O[C@@H](n2cnc3c(N)ncnc32)[C@@H](O)[C@@H]1O. The van der Waals surface area contributed by atoms with Crippen molar-refractivity contribution in [3.05, 3.63) is 12.7 Å². The van der Waals surface area contributed by atoms with Gasteiger partial charge in [-0.15, -0.1) is 0 Å². The van der Waals surface area contributed by atoms with Gasteiger partial charge in [-0.05, 0) is 5.92 Å². The maximum atomic E-state index is 11.7. The van der Waals surface area contributed by atoms with Crippen molar-refractivity contribution in [2.24, 2.45) is 5.92 Å². The Bertz CT molecular complexity index is 764. The van der Waals surface area contributed by atoms with E-state index in [4.69, 9.17) is 15.2 Å². The molecule has 1 aliphatic rings. The normalized spacial score (nSPS) is 26.4. The summed E-state index contributed by atoms with van der Waals surface area (Å²) in [4.78, 5) is 23.7. The summed E-state index contributed by atoms with van der Waals surface area (Å²) >= 11 is 0. The first-order valence-corrected chi connectivity index (χ1v) is 7.98. The number of rotatable bonds is 5. The number of esters is 1. The number of hydrogen-bond acceptors (Lipinski definition) is 9. The first kappa shape index (κ1) is 17.5. The van der Waals surface area contributed by atoms with E-state index in [0.717, 1.165) is 0 Å². The first-order chi connectivity index (χ1) is 11.9. The van der Waals surface area contributed by atoms with Crippen molar-refractivity contribution in [1.29, 1.82) is 0 Å². The highest BCUT2D eigenvalue weighted by Crippen LogP contribution is 2.32. The lowest BCUT2D eigenvalue weighted by Gasteiger charge is -2.16. The number of aromatic nitrogens is 4. The standard InChI is InChI=1S/C15H21N5O5/c1-7(2)3-9(21)24-4-8-11(22)12(23)15(25-8)20-6-19-10-13(16)17-5-18-14(10)20/h5-8,11-12,15,22-23H,3-4H2,1-2H3,(H2,16,17,18)/t8-,11-,12+,15-/m1/s1. The average molecular weight is 351 g/mol. The third-order valence-electron chi connectivity index (χ3n) is 3.98. The molecule has 2 aromatic rings. The molecule has 10 nitrogen and oxygen atoms in total. The third-order valence-corrected chi connectivity index (χ3v) is 3.98. The Morgan fingerprint density at radius 2 is 2.12 bits per heavy atom. The van der Waals surface area contributed by atoms with E-state index >= 15 is 0 Å². The molecule has 1 fully saturated rings. The van der Waals surface area contributed by atoms with E-state index in [9.17, 15) is 15.0 Å². The van der Waals surface area contributed by atoms with Crippen molar-refractivity contribution in [2.75, 3.05) is 12.3 Å². The molecule has 1 saturated heterocycles. The Kier molecular flexibility index (Phi) is 4.84. The predicted molar refractivity (Wildman–Crippen MR) is 86.1 cm³/mol. The number of carbonyl (C=O) groups excluding carboxylic acids is 1. The van der Waals surface area contributed by atoms with E-state index in [0.29, 0.717) is 11.2 Å². The number of carbonyl (C=O) groups is 1. The van der Waals surface area contributed by atoms with Crippen molar-refractivity contribution in [2.45, 2.75) is 44.8 Å². The highest BCUT2D eigenvalue weighted by atomic mass is 16.6. The molecule has 3 rings (SSSR count). The monoisotopic (exact) mass is 351 g/mol. The number of ether oxygens (including phenoxy) is 2. The second-order valence-corrected chi connectivity index (χ2v) is 6.41. The number of imidazole rings is 1. The molecule has 0 unspecified atom stereocenters. The summed E-state index contributed by atoms with van der Waals surface area (Å²) in [5, 5.41) is 20.5. The fourth-order valence-electron chi connectivity index (χ4n) is 2.72. The van der Waals surface area contributed by atoms with Crippen molar-refractivity contribution in [3.8, 4) is 0 Å². The van der Waals surface area contributed by atoms with Gasteiger partial charge in [-0.25, -0.2) is 15.0 Å². The lowest BCUT2D eigenvalue weighted by Crippen LogP contribution is -2.34. The molecule has 0 amide bonds. The number of nitrogens with zero attached hydrogens (tertiary/aromatic N) is 4. The number of hydrogen-bond donors (Lipinski definition) is 3. The number of fused-ring (bicyclic) bond motifs is 1. The molecule has 0 aliphatic carbocycles. The molecular weight excluding hydrogens is 330 g/mol. The quantitative estimate of drug-likeness (QED) is 0.613. The smallest absolute Gasteiger partial charge is 0.306 e. The molecule has 0 spiro atoms. The highest BCUT2D eigenvalue weighted by Gasteiger charge is 2.44. The lowest BCUT2D eigenvalue weighted by atomic mass is 10.1. The molecule has 0 saturated carbocycles. The minimum atomic E-state index is -1.23. The van der Waals surface area contributed by atoms with Gasteiger partial charge in [0.15, 0.2) is 17.7 Å². The van der Waals surface area contributed by atoms with Crippen LogP contribution in [0.15, 0.2) is 12.7 Å². The minimum absolute atomic E-state index is 0.149. The van der Waals surface area contributed by atoms with Crippen LogP contribution in [0.4, 0.5) is 5.82 Å². The summed E-state index contributed by atoms with van der Waals surface area (Å²) in [5.41, 5.74) is 6.49. The van der Waals surface area contributed by atoms with Gasteiger partial charge in [0.1, 0.15) is 36.8 Å². The molecule has 4 atom stereocenters. The molecule has 0 bridgehead atoms. The first-order valence-electron chi connectivity index (χ1n) is 7.98. The fraction of sp³-hybridized carbons (Fsp3) is 0.600. The summed E-state index contributed by atoms with van der Waals surface area (Å²) < 4.78 is 12.3. The Hall–Kier alpha value is -2.30. The number of aliphatic hydroxyl groups excluding tert-OH is 2. The third kappa shape index (κ3) is 3.41. The van der Waals surface area contributed by atoms with Crippen LogP contribution < -0.4 is 5.73 Å². The van der Waals surface area contributed by atoms with E-state index in [2.05, 4.69) is 15.0 Å². The molecule has 4 N–H and O–H groups in total. The number of nitrogens with two attached hydrogens (primary N) is 1. The summed E-state index contributed by atoms with van der Waals surface area (Å²) in [7, 11) is 0. The molecule has 2 aromatic heterocycles. The molecule has 0 aromatic carbocycles. The van der Waals surface area contributed by atoms with Gasteiger partial charge in [-0.3, -0.25) is 9.36 Å². The molecular formula is C15H21N5O5. The van der Waals surface area contributed by atoms with E-state index in [1.807, 2.05) is 13.8 Å². The van der Waals surface area contributed by atoms with Crippen LogP contribution in [0.25, 0.3) is 11.2 Å². The van der Waals surface area contributed by atoms with Crippen LogP contribution in [0.2, 0.25) is 0 Å². The Labute approximate surface area is 143 Å². The minimum Gasteiger partial charge on any atom is -0.463 e. The lowest BCUT2D eigenvalue weighted by molar-refractivity contribution is -0.150. The van der Waals surface area contributed by atoms with Crippen LogP contribution in [0.3, 0.4) is 0 Å². The second-order valence-electron chi connectivity index (χ2n) is 6.41. The van der Waals surface area contributed by atoms with Gasteiger partial charge in [0, 0.05) is 6.42 Å². The average Bonchev–Trinajstić information content (AvgIpc) is 3.09. The van der Waals surface area contributed by atoms with Gasteiger partial charge in [0.25, 0.3) is 0 Å². The van der Waals surface area contributed by atoms with Crippen molar-refractivity contribution >= 4 is 23.0 Å². The zero-order valence-corrected chi connectivity index (χ0v) is 13.9. The van der Waals surface area contributed by atoms with E-state index in [1.165, 1.54) is 17.2 Å². The zero-order valence-electron chi connectivity index (χ0n) is 13.9. The van der Waals surface area contributed by atoms with Crippen LogP contribution in [-0.4, -0.2) is 60.6 Å². The van der Waals surface area contributed by atoms with Crippen molar-refractivity contribution in [3.63, 3.8) is 0 Å². The van der Waals surface area contributed by atoms with Gasteiger partial charge in [0.05, 0.1) is 6.33 Å². The summed E-state index contributed by atoms with van der Waals surface area (Å²) in [6, 6.07) is 0.